The molecule has 0 radical (unpaired) electrons. The Hall–Kier alpha value is -2.77. The van der Waals surface area contributed by atoms with Gasteiger partial charge in [0.15, 0.2) is 0 Å². The molecule has 8 heteroatoms. The molecule has 2 aromatic rings. The van der Waals surface area contributed by atoms with Crippen molar-refractivity contribution in [1.29, 1.82) is 0 Å². The van der Waals surface area contributed by atoms with Gasteiger partial charge in [-0.25, -0.2) is 0 Å². The minimum Gasteiger partial charge on any atom is -0.497 e. The number of ether oxygens (including phenoxy) is 3. The van der Waals surface area contributed by atoms with E-state index in [4.69, 9.17) is 25.8 Å². The van der Waals surface area contributed by atoms with Crippen molar-refractivity contribution in [3.8, 4) is 11.5 Å². The van der Waals surface area contributed by atoms with Crippen LogP contribution in [0.2, 0.25) is 5.02 Å². The molecule has 2 rings (SSSR count). The van der Waals surface area contributed by atoms with E-state index in [0.717, 1.165) is 11.3 Å². The van der Waals surface area contributed by atoms with Gasteiger partial charge in [-0.2, -0.15) is 0 Å². The van der Waals surface area contributed by atoms with Crippen molar-refractivity contribution < 1.29 is 23.8 Å². The lowest BCUT2D eigenvalue weighted by Gasteiger charge is -2.21. The number of methoxy groups -OCH3 is 2. The fourth-order valence-corrected chi connectivity index (χ4v) is 2.80. The third-order valence-electron chi connectivity index (χ3n) is 4.17. The summed E-state index contributed by atoms with van der Waals surface area (Å²) in [6.07, 6.45) is -0.709. The number of carbonyl (C=O) groups is 2. The van der Waals surface area contributed by atoms with Gasteiger partial charge in [-0.3, -0.25) is 9.59 Å². The highest BCUT2D eigenvalue weighted by atomic mass is 35.5. The first-order valence-corrected chi connectivity index (χ1v) is 9.34. The molecule has 2 amide bonds. The van der Waals surface area contributed by atoms with E-state index < -0.39 is 6.10 Å². The molecule has 0 aliphatic rings. The molecule has 0 bridgehead atoms. The van der Waals surface area contributed by atoms with Crippen molar-refractivity contribution in [2.24, 2.45) is 0 Å². The molecule has 29 heavy (non-hydrogen) atoms. The molecular weight excluding hydrogens is 396 g/mol. The molecule has 0 aliphatic heterocycles. The lowest BCUT2D eigenvalue weighted by atomic mass is 10.2. The Bertz CT molecular complexity index is 859. The standard InChI is InChI=1S/C21H25ClN2O5/c1-14(29-13-15-6-5-7-17(10-15)27-3)21(26)24(2)12-20(25)23-18-11-16(22)8-9-19(18)28-4/h5-11,14H,12-13H2,1-4H3,(H,23,25). The van der Waals surface area contributed by atoms with Crippen LogP contribution >= 0.6 is 11.6 Å². The van der Waals surface area contributed by atoms with Crippen molar-refractivity contribution >= 4 is 29.1 Å². The topological polar surface area (TPSA) is 77.1 Å². The highest BCUT2D eigenvalue weighted by molar-refractivity contribution is 6.31. The van der Waals surface area contributed by atoms with Crippen LogP contribution in [0.5, 0.6) is 11.5 Å². The highest BCUT2D eigenvalue weighted by Gasteiger charge is 2.21. The number of nitrogens with zero attached hydrogens (tertiary/aromatic N) is 1. The molecule has 0 saturated heterocycles. The van der Waals surface area contributed by atoms with E-state index >= 15 is 0 Å². The van der Waals surface area contributed by atoms with Crippen molar-refractivity contribution in [1.82, 2.24) is 4.90 Å². The number of anilines is 1. The van der Waals surface area contributed by atoms with Gasteiger partial charge in [0.05, 0.1) is 33.1 Å². The fourth-order valence-electron chi connectivity index (χ4n) is 2.63. The van der Waals surface area contributed by atoms with Gasteiger partial charge < -0.3 is 24.4 Å². The van der Waals surface area contributed by atoms with E-state index in [-0.39, 0.29) is 25.0 Å². The van der Waals surface area contributed by atoms with Crippen LogP contribution in [0, 0.1) is 0 Å². The van der Waals surface area contributed by atoms with Crippen molar-refractivity contribution in [2.45, 2.75) is 19.6 Å². The molecule has 156 valence electrons. The van der Waals surface area contributed by atoms with Crippen LogP contribution in [0.1, 0.15) is 12.5 Å². The lowest BCUT2D eigenvalue weighted by molar-refractivity contribution is -0.143. The molecular formula is C21H25ClN2O5. The second-order valence-electron chi connectivity index (χ2n) is 6.39. The summed E-state index contributed by atoms with van der Waals surface area (Å²) in [7, 11) is 4.63. The summed E-state index contributed by atoms with van der Waals surface area (Å²) in [5.74, 6) is 0.518. The zero-order valence-corrected chi connectivity index (χ0v) is 17.7. The molecule has 1 N–H and O–H groups in total. The number of amides is 2. The Morgan fingerprint density at radius 2 is 1.90 bits per heavy atom. The maximum Gasteiger partial charge on any atom is 0.251 e. The van der Waals surface area contributed by atoms with Gasteiger partial charge in [-0.05, 0) is 42.8 Å². The Morgan fingerprint density at radius 1 is 1.14 bits per heavy atom. The van der Waals surface area contributed by atoms with Crippen LogP contribution in [0.15, 0.2) is 42.5 Å². The summed E-state index contributed by atoms with van der Waals surface area (Å²) < 4.78 is 16.0. The van der Waals surface area contributed by atoms with Gasteiger partial charge in [0, 0.05) is 12.1 Å². The van der Waals surface area contributed by atoms with E-state index in [2.05, 4.69) is 5.32 Å². The van der Waals surface area contributed by atoms with E-state index in [9.17, 15) is 9.59 Å². The summed E-state index contributed by atoms with van der Waals surface area (Å²) in [5.41, 5.74) is 1.32. The monoisotopic (exact) mass is 420 g/mol. The summed E-state index contributed by atoms with van der Waals surface area (Å²) in [6, 6.07) is 12.3. The van der Waals surface area contributed by atoms with Crippen LogP contribution in [0.25, 0.3) is 0 Å². The molecule has 0 heterocycles. The van der Waals surface area contributed by atoms with Gasteiger partial charge in [0.2, 0.25) is 5.91 Å². The molecule has 0 aliphatic carbocycles. The highest BCUT2D eigenvalue weighted by Crippen LogP contribution is 2.27. The Morgan fingerprint density at radius 3 is 2.59 bits per heavy atom. The summed E-state index contributed by atoms with van der Waals surface area (Å²) in [6.45, 7) is 1.77. The number of likely N-dealkylation sites (N-methyl/N-ethyl adjacent to an activating group) is 1. The normalized spacial score (nSPS) is 11.5. The smallest absolute Gasteiger partial charge is 0.251 e. The van der Waals surface area contributed by atoms with E-state index in [1.54, 1.807) is 39.3 Å². The first-order chi connectivity index (χ1) is 13.8. The maximum absolute atomic E-state index is 12.5. The molecule has 7 nitrogen and oxygen atoms in total. The SMILES string of the molecule is COc1cccc(COC(C)C(=O)N(C)CC(=O)Nc2cc(Cl)ccc2OC)c1. The van der Waals surface area contributed by atoms with Gasteiger partial charge in [-0.15, -0.1) is 0 Å². The zero-order valence-electron chi connectivity index (χ0n) is 16.9. The van der Waals surface area contributed by atoms with Crippen LogP contribution in [0.4, 0.5) is 5.69 Å². The number of rotatable bonds is 9. The van der Waals surface area contributed by atoms with Crippen LogP contribution in [0.3, 0.4) is 0 Å². The average Bonchev–Trinajstić information content (AvgIpc) is 2.71. The maximum atomic E-state index is 12.5. The largest absolute Gasteiger partial charge is 0.497 e. The second-order valence-corrected chi connectivity index (χ2v) is 6.83. The number of hydrogen-bond acceptors (Lipinski definition) is 5. The van der Waals surface area contributed by atoms with Crippen LogP contribution in [-0.4, -0.2) is 50.6 Å². The average molecular weight is 421 g/mol. The van der Waals surface area contributed by atoms with Crippen molar-refractivity contribution in [2.75, 3.05) is 33.1 Å². The number of halogens is 1. The molecule has 0 aromatic heterocycles. The minimum atomic E-state index is -0.709. The zero-order chi connectivity index (χ0) is 21.4. The first kappa shape index (κ1) is 22.5. The van der Waals surface area contributed by atoms with Gasteiger partial charge >= 0.3 is 0 Å². The second kappa shape index (κ2) is 10.7. The molecule has 0 saturated carbocycles. The number of benzene rings is 2. The minimum absolute atomic E-state index is 0.138. The number of nitrogens with one attached hydrogen (secondary N) is 1. The van der Waals surface area contributed by atoms with Crippen LogP contribution in [-0.2, 0) is 20.9 Å². The van der Waals surface area contributed by atoms with Gasteiger partial charge in [-0.1, -0.05) is 23.7 Å². The van der Waals surface area contributed by atoms with E-state index in [1.165, 1.54) is 12.0 Å². The molecule has 1 unspecified atom stereocenters. The van der Waals surface area contributed by atoms with E-state index in [0.29, 0.717) is 16.5 Å². The molecule has 2 aromatic carbocycles. The summed E-state index contributed by atoms with van der Waals surface area (Å²) >= 11 is 5.96. The predicted molar refractivity (Wildman–Crippen MR) is 112 cm³/mol. The van der Waals surface area contributed by atoms with Gasteiger partial charge in [0.1, 0.15) is 17.6 Å². The third kappa shape index (κ3) is 6.66. The number of carbonyl (C=O) groups excluding carboxylic acids is 2. The lowest BCUT2D eigenvalue weighted by Crippen LogP contribution is -2.40. The first-order valence-electron chi connectivity index (χ1n) is 8.97. The Labute approximate surface area is 175 Å². The van der Waals surface area contributed by atoms with Crippen molar-refractivity contribution in [3.63, 3.8) is 0 Å². The summed E-state index contributed by atoms with van der Waals surface area (Å²) in [5, 5.41) is 3.16. The third-order valence-corrected chi connectivity index (χ3v) is 4.41. The number of hydrogen-bond donors (Lipinski definition) is 1. The fraction of sp³-hybridized carbons (Fsp3) is 0.333. The molecule has 0 spiro atoms. The predicted octanol–water partition coefficient (Wildman–Crippen LogP) is 3.36. The Balaban J connectivity index is 1.88. The molecule has 0 fully saturated rings. The van der Waals surface area contributed by atoms with Crippen molar-refractivity contribution in [3.05, 3.63) is 53.1 Å². The van der Waals surface area contributed by atoms with Gasteiger partial charge in [0.25, 0.3) is 5.91 Å². The summed E-state index contributed by atoms with van der Waals surface area (Å²) in [4.78, 5) is 26.1. The molecule has 1 atom stereocenters. The Kier molecular flexibility index (Phi) is 8.30. The van der Waals surface area contributed by atoms with Crippen LogP contribution < -0.4 is 14.8 Å². The van der Waals surface area contributed by atoms with E-state index in [1.807, 2.05) is 24.3 Å². The quantitative estimate of drug-likeness (QED) is 0.673.